The Labute approximate surface area is 85.8 Å². The van der Waals surface area contributed by atoms with E-state index < -0.39 is 0 Å². The van der Waals surface area contributed by atoms with Crippen LogP contribution in [0.1, 0.15) is 33.1 Å². The summed E-state index contributed by atoms with van der Waals surface area (Å²) in [6.07, 6.45) is 2.98. The minimum atomic E-state index is 0.134. The number of ether oxygens (including phenoxy) is 2. The first kappa shape index (κ1) is 11.7. The lowest BCUT2D eigenvalue weighted by atomic mass is 10.0. The monoisotopic (exact) mass is 200 g/mol. The number of carbonyl (C=O) groups excluding carboxylic acids is 1. The molecule has 1 unspecified atom stereocenters. The van der Waals surface area contributed by atoms with E-state index in [1.807, 2.05) is 13.8 Å². The van der Waals surface area contributed by atoms with Crippen LogP contribution >= 0.6 is 0 Å². The highest BCUT2D eigenvalue weighted by molar-refractivity contribution is 5.81. The van der Waals surface area contributed by atoms with Gasteiger partial charge >= 0.3 is 0 Å². The number of hydrogen-bond acceptors (Lipinski definition) is 3. The van der Waals surface area contributed by atoms with Gasteiger partial charge < -0.3 is 9.47 Å². The molecule has 1 rings (SSSR count). The molecule has 0 aromatic heterocycles. The molecule has 0 saturated carbocycles. The zero-order valence-electron chi connectivity index (χ0n) is 9.12. The van der Waals surface area contributed by atoms with Gasteiger partial charge in [0.25, 0.3) is 0 Å². The molecule has 0 spiro atoms. The molecule has 0 bridgehead atoms. The first-order valence-corrected chi connectivity index (χ1v) is 5.46. The highest BCUT2D eigenvalue weighted by Gasteiger charge is 2.17. The van der Waals surface area contributed by atoms with E-state index in [1.54, 1.807) is 0 Å². The minimum absolute atomic E-state index is 0.134. The lowest BCUT2D eigenvalue weighted by Crippen LogP contribution is -2.27. The van der Waals surface area contributed by atoms with E-state index in [0.29, 0.717) is 0 Å². The molecule has 1 saturated heterocycles. The zero-order chi connectivity index (χ0) is 10.4. The average molecular weight is 200 g/mol. The third-order valence-corrected chi connectivity index (χ3v) is 2.79. The largest absolute Gasteiger partial charge is 0.381 e. The van der Waals surface area contributed by atoms with Crippen LogP contribution in [0.2, 0.25) is 0 Å². The summed E-state index contributed by atoms with van der Waals surface area (Å²) in [4.78, 5) is 11.5. The fraction of sp³-hybridized carbons (Fsp3) is 0.909. The number of ketones is 1. The van der Waals surface area contributed by atoms with E-state index in [-0.39, 0.29) is 24.4 Å². The van der Waals surface area contributed by atoms with Gasteiger partial charge in [-0.1, -0.05) is 13.8 Å². The molecule has 0 aromatic carbocycles. The SMILES string of the molecule is CCC(C)C(=O)COC1CCOCC1. The van der Waals surface area contributed by atoms with Gasteiger partial charge in [0, 0.05) is 19.1 Å². The topological polar surface area (TPSA) is 35.5 Å². The molecule has 82 valence electrons. The average Bonchev–Trinajstić information content (AvgIpc) is 2.26. The van der Waals surface area contributed by atoms with E-state index in [1.165, 1.54) is 0 Å². The summed E-state index contributed by atoms with van der Waals surface area (Å²) in [6, 6.07) is 0. The van der Waals surface area contributed by atoms with Gasteiger partial charge in [-0.05, 0) is 19.3 Å². The van der Waals surface area contributed by atoms with Crippen LogP contribution in [-0.2, 0) is 14.3 Å². The van der Waals surface area contributed by atoms with Crippen LogP contribution in [0.25, 0.3) is 0 Å². The summed E-state index contributed by atoms with van der Waals surface area (Å²) in [5.41, 5.74) is 0. The van der Waals surface area contributed by atoms with Crippen molar-refractivity contribution in [3.8, 4) is 0 Å². The summed E-state index contributed by atoms with van der Waals surface area (Å²) in [5.74, 6) is 0.355. The molecule has 0 radical (unpaired) electrons. The first-order chi connectivity index (χ1) is 6.74. The van der Waals surface area contributed by atoms with Crippen molar-refractivity contribution in [3.05, 3.63) is 0 Å². The summed E-state index contributed by atoms with van der Waals surface area (Å²) < 4.78 is 10.7. The molecular weight excluding hydrogens is 180 g/mol. The summed E-state index contributed by atoms with van der Waals surface area (Å²) in [5, 5.41) is 0. The Bertz CT molecular complexity index is 173. The highest BCUT2D eigenvalue weighted by Crippen LogP contribution is 2.11. The Kier molecular flexibility index (Phi) is 5.12. The van der Waals surface area contributed by atoms with Crippen LogP contribution in [0.3, 0.4) is 0 Å². The van der Waals surface area contributed by atoms with E-state index in [0.717, 1.165) is 32.5 Å². The second-order valence-electron chi connectivity index (χ2n) is 3.90. The molecule has 1 aliphatic rings. The van der Waals surface area contributed by atoms with Crippen LogP contribution < -0.4 is 0 Å². The maximum atomic E-state index is 11.5. The van der Waals surface area contributed by atoms with Crippen LogP contribution in [0, 0.1) is 5.92 Å². The van der Waals surface area contributed by atoms with Crippen LogP contribution in [-0.4, -0.2) is 31.7 Å². The molecule has 3 nitrogen and oxygen atoms in total. The van der Waals surface area contributed by atoms with Gasteiger partial charge in [0.05, 0.1) is 6.10 Å². The fourth-order valence-corrected chi connectivity index (χ4v) is 1.41. The van der Waals surface area contributed by atoms with Gasteiger partial charge in [-0.3, -0.25) is 4.79 Å². The number of carbonyl (C=O) groups is 1. The van der Waals surface area contributed by atoms with Crippen molar-refractivity contribution in [2.24, 2.45) is 5.92 Å². The highest BCUT2D eigenvalue weighted by atomic mass is 16.5. The van der Waals surface area contributed by atoms with Gasteiger partial charge in [-0.25, -0.2) is 0 Å². The molecule has 1 atom stereocenters. The Morgan fingerprint density at radius 3 is 2.71 bits per heavy atom. The maximum absolute atomic E-state index is 11.5. The predicted molar refractivity (Wildman–Crippen MR) is 54.3 cm³/mol. The lowest BCUT2D eigenvalue weighted by molar-refractivity contribution is -0.131. The fourth-order valence-electron chi connectivity index (χ4n) is 1.41. The van der Waals surface area contributed by atoms with Crippen LogP contribution in [0.4, 0.5) is 0 Å². The van der Waals surface area contributed by atoms with Gasteiger partial charge in [-0.15, -0.1) is 0 Å². The Morgan fingerprint density at radius 2 is 2.14 bits per heavy atom. The Morgan fingerprint density at radius 1 is 1.50 bits per heavy atom. The van der Waals surface area contributed by atoms with Crippen LogP contribution in [0.5, 0.6) is 0 Å². The second kappa shape index (κ2) is 6.14. The summed E-state index contributed by atoms with van der Waals surface area (Å²) in [6.45, 7) is 5.79. The molecule has 1 fully saturated rings. The van der Waals surface area contributed by atoms with Gasteiger partial charge in [0.2, 0.25) is 0 Å². The van der Waals surface area contributed by atoms with Crippen molar-refractivity contribution in [3.63, 3.8) is 0 Å². The van der Waals surface area contributed by atoms with E-state index in [2.05, 4.69) is 0 Å². The molecule has 1 heterocycles. The standard InChI is InChI=1S/C11H20O3/c1-3-9(2)11(12)8-14-10-4-6-13-7-5-10/h9-10H,3-8H2,1-2H3. The lowest BCUT2D eigenvalue weighted by Gasteiger charge is -2.22. The Hall–Kier alpha value is -0.410. The summed E-state index contributed by atoms with van der Waals surface area (Å²) in [7, 11) is 0. The Balaban J connectivity index is 2.15. The van der Waals surface area contributed by atoms with E-state index in [9.17, 15) is 4.79 Å². The third-order valence-electron chi connectivity index (χ3n) is 2.79. The number of hydrogen-bond donors (Lipinski definition) is 0. The molecule has 0 N–H and O–H groups in total. The van der Waals surface area contributed by atoms with Crippen molar-refractivity contribution in [1.82, 2.24) is 0 Å². The molecule has 1 aliphatic heterocycles. The molecule has 0 aromatic rings. The zero-order valence-corrected chi connectivity index (χ0v) is 9.12. The van der Waals surface area contributed by atoms with Crippen molar-refractivity contribution >= 4 is 5.78 Å². The van der Waals surface area contributed by atoms with Crippen molar-refractivity contribution in [2.45, 2.75) is 39.2 Å². The summed E-state index contributed by atoms with van der Waals surface area (Å²) >= 11 is 0. The van der Waals surface area contributed by atoms with E-state index >= 15 is 0 Å². The first-order valence-electron chi connectivity index (χ1n) is 5.46. The normalized spacial score (nSPS) is 20.7. The van der Waals surface area contributed by atoms with Gasteiger partial charge in [0.15, 0.2) is 5.78 Å². The number of Topliss-reactive ketones (excluding diaryl/α,β-unsaturated/α-hetero) is 1. The van der Waals surface area contributed by atoms with Crippen molar-refractivity contribution in [1.29, 1.82) is 0 Å². The van der Waals surface area contributed by atoms with E-state index in [4.69, 9.17) is 9.47 Å². The smallest absolute Gasteiger partial charge is 0.161 e. The van der Waals surface area contributed by atoms with Gasteiger partial charge in [-0.2, -0.15) is 0 Å². The number of rotatable bonds is 5. The molecule has 3 heteroatoms. The van der Waals surface area contributed by atoms with Crippen LogP contribution in [0.15, 0.2) is 0 Å². The van der Waals surface area contributed by atoms with Gasteiger partial charge in [0.1, 0.15) is 6.61 Å². The molecule has 0 aliphatic carbocycles. The second-order valence-corrected chi connectivity index (χ2v) is 3.90. The molecular formula is C11H20O3. The van der Waals surface area contributed by atoms with Crippen molar-refractivity contribution in [2.75, 3.05) is 19.8 Å². The quantitative estimate of drug-likeness (QED) is 0.678. The minimum Gasteiger partial charge on any atom is -0.381 e. The molecule has 0 amide bonds. The predicted octanol–water partition coefficient (Wildman–Crippen LogP) is 1.80. The van der Waals surface area contributed by atoms with Crippen molar-refractivity contribution < 1.29 is 14.3 Å². The maximum Gasteiger partial charge on any atom is 0.161 e. The molecule has 14 heavy (non-hydrogen) atoms. The third kappa shape index (κ3) is 3.76.